The molecule has 0 rings (SSSR count). The summed E-state index contributed by atoms with van der Waals surface area (Å²) in [4.78, 5) is 11.3. The lowest BCUT2D eigenvalue weighted by molar-refractivity contribution is -0.142. The molecular weight excluding hydrogens is 224 g/mol. The third kappa shape index (κ3) is 12.5. The van der Waals surface area contributed by atoms with Crippen LogP contribution in [0.3, 0.4) is 0 Å². The van der Waals surface area contributed by atoms with Crippen molar-refractivity contribution in [1.82, 2.24) is 0 Å². The maximum atomic E-state index is 11.3. The lowest BCUT2D eigenvalue weighted by atomic mass is 10.3. The minimum absolute atomic E-state index is 0.154. The Labute approximate surface area is 111 Å². The Morgan fingerprint density at radius 1 is 1.17 bits per heavy atom. The Kier molecular flexibility index (Phi) is 12.3. The normalized spacial score (nSPS) is 11.6. The maximum absolute atomic E-state index is 11.3. The van der Waals surface area contributed by atoms with Crippen molar-refractivity contribution in [1.29, 1.82) is 0 Å². The topological polar surface area (TPSA) is 26.3 Å². The second kappa shape index (κ2) is 13.5. The first-order valence-corrected chi connectivity index (χ1v) is 6.54. The number of rotatable bonds is 10. The Morgan fingerprint density at radius 2 is 1.94 bits per heavy atom. The molecule has 0 aliphatic rings. The van der Waals surface area contributed by atoms with E-state index < -0.39 is 0 Å². The van der Waals surface area contributed by atoms with Gasteiger partial charge in [-0.25, -0.2) is 0 Å². The van der Waals surface area contributed by atoms with Crippen LogP contribution in [0.15, 0.2) is 49.1 Å². The van der Waals surface area contributed by atoms with Crippen LogP contribution in [0.1, 0.15) is 39.0 Å². The van der Waals surface area contributed by atoms with E-state index in [0.29, 0.717) is 13.0 Å². The van der Waals surface area contributed by atoms with E-state index in [1.54, 1.807) is 6.08 Å². The van der Waals surface area contributed by atoms with Crippen LogP contribution in [0.25, 0.3) is 0 Å². The highest BCUT2D eigenvalue weighted by Gasteiger charge is 1.97. The van der Waals surface area contributed by atoms with Crippen molar-refractivity contribution in [3.63, 3.8) is 0 Å². The highest BCUT2D eigenvalue weighted by atomic mass is 16.5. The quantitative estimate of drug-likeness (QED) is 0.248. The Balaban J connectivity index is 3.45. The Bertz CT molecular complexity index is 298. The standard InChI is InChI=1S/C16H24O2/c1-3-5-7-9-10-12-14-16(17)18-15-13-11-8-6-4-2/h4-8,10,12H,2-3,9,11,13-15H2,1H3. The smallest absolute Gasteiger partial charge is 0.309 e. The van der Waals surface area contributed by atoms with Crippen molar-refractivity contribution in [2.45, 2.75) is 39.0 Å². The van der Waals surface area contributed by atoms with E-state index in [2.05, 4.69) is 25.7 Å². The van der Waals surface area contributed by atoms with Crippen molar-refractivity contribution in [2.75, 3.05) is 6.61 Å². The zero-order valence-electron chi connectivity index (χ0n) is 11.3. The van der Waals surface area contributed by atoms with Crippen LogP contribution in [0, 0.1) is 0 Å². The first-order chi connectivity index (χ1) is 8.81. The highest BCUT2D eigenvalue weighted by molar-refractivity contribution is 5.71. The van der Waals surface area contributed by atoms with Gasteiger partial charge in [0.25, 0.3) is 0 Å². The molecule has 0 saturated heterocycles. The molecule has 100 valence electrons. The average molecular weight is 248 g/mol. The molecule has 0 unspecified atom stereocenters. The zero-order valence-corrected chi connectivity index (χ0v) is 11.3. The van der Waals surface area contributed by atoms with Crippen molar-refractivity contribution < 1.29 is 9.53 Å². The van der Waals surface area contributed by atoms with Crippen LogP contribution in [0.2, 0.25) is 0 Å². The fourth-order valence-corrected chi connectivity index (χ4v) is 1.26. The minimum atomic E-state index is -0.154. The van der Waals surface area contributed by atoms with Gasteiger partial charge in [-0.05, 0) is 25.7 Å². The van der Waals surface area contributed by atoms with E-state index in [-0.39, 0.29) is 5.97 Å². The van der Waals surface area contributed by atoms with Gasteiger partial charge in [-0.15, -0.1) is 0 Å². The summed E-state index contributed by atoms with van der Waals surface area (Å²) in [5, 5.41) is 0. The molecule has 2 nitrogen and oxygen atoms in total. The zero-order chi connectivity index (χ0) is 13.5. The first kappa shape index (κ1) is 16.4. The molecule has 0 radical (unpaired) electrons. The molecule has 0 atom stereocenters. The highest BCUT2D eigenvalue weighted by Crippen LogP contribution is 1.96. The summed E-state index contributed by atoms with van der Waals surface area (Å²) in [6, 6.07) is 0. The van der Waals surface area contributed by atoms with Crippen LogP contribution in [0.4, 0.5) is 0 Å². The third-order valence-corrected chi connectivity index (χ3v) is 2.18. The molecule has 0 fully saturated rings. The number of esters is 1. The van der Waals surface area contributed by atoms with Gasteiger partial charge < -0.3 is 4.74 Å². The lowest BCUT2D eigenvalue weighted by Gasteiger charge is -2.00. The average Bonchev–Trinajstić information content (AvgIpc) is 2.38. The minimum Gasteiger partial charge on any atom is -0.465 e. The van der Waals surface area contributed by atoms with E-state index in [1.165, 1.54) is 0 Å². The lowest BCUT2D eigenvalue weighted by Crippen LogP contribution is -2.03. The summed E-state index contributed by atoms with van der Waals surface area (Å²) >= 11 is 0. The van der Waals surface area contributed by atoms with Gasteiger partial charge in [0.05, 0.1) is 13.0 Å². The predicted octanol–water partition coefficient (Wildman–Crippen LogP) is 4.35. The summed E-state index contributed by atoms with van der Waals surface area (Å²) in [5.41, 5.74) is 0. The summed E-state index contributed by atoms with van der Waals surface area (Å²) in [5.74, 6) is -0.154. The molecular formula is C16H24O2. The van der Waals surface area contributed by atoms with Crippen LogP contribution in [0.5, 0.6) is 0 Å². The Hall–Kier alpha value is -1.57. The summed E-state index contributed by atoms with van der Waals surface area (Å²) in [6.45, 7) is 6.17. The molecule has 18 heavy (non-hydrogen) atoms. The SMILES string of the molecule is C=CC=CCCCOC(=O)CC=CCC=CCC. The molecule has 0 aliphatic heterocycles. The monoisotopic (exact) mass is 248 g/mol. The summed E-state index contributed by atoms with van der Waals surface area (Å²) < 4.78 is 5.08. The summed E-state index contributed by atoms with van der Waals surface area (Å²) in [6.07, 6.45) is 17.8. The second-order valence-electron chi connectivity index (χ2n) is 3.82. The number of hydrogen-bond acceptors (Lipinski definition) is 2. The molecule has 0 amide bonds. The fraction of sp³-hybridized carbons (Fsp3) is 0.438. The molecule has 0 N–H and O–H groups in total. The molecule has 0 aromatic heterocycles. The maximum Gasteiger partial charge on any atom is 0.309 e. The fourth-order valence-electron chi connectivity index (χ4n) is 1.26. The molecule has 0 saturated carbocycles. The van der Waals surface area contributed by atoms with Crippen LogP contribution >= 0.6 is 0 Å². The van der Waals surface area contributed by atoms with Crippen molar-refractivity contribution in [3.8, 4) is 0 Å². The van der Waals surface area contributed by atoms with E-state index in [0.717, 1.165) is 25.7 Å². The van der Waals surface area contributed by atoms with E-state index >= 15 is 0 Å². The second-order valence-corrected chi connectivity index (χ2v) is 3.82. The van der Waals surface area contributed by atoms with Crippen LogP contribution < -0.4 is 0 Å². The molecule has 0 aromatic rings. The van der Waals surface area contributed by atoms with E-state index in [9.17, 15) is 4.79 Å². The molecule has 0 bridgehead atoms. The molecule has 0 spiro atoms. The number of ether oxygens (including phenoxy) is 1. The van der Waals surface area contributed by atoms with E-state index in [4.69, 9.17) is 4.74 Å². The number of carbonyl (C=O) groups is 1. The van der Waals surface area contributed by atoms with Gasteiger partial charge in [0, 0.05) is 0 Å². The van der Waals surface area contributed by atoms with Gasteiger partial charge in [0.15, 0.2) is 0 Å². The molecule has 2 heteroatoms. The number of unbranched alkanes of at least 4 members (excludes halogenated alkanes) is 1. The van der Waals surface area contributed by atoms with Gasteiger partial charge in [0.2, 0.25) is 0 Å². The number of allylic oxidation sites excluding steroid dienone is 6. The largest absolute Gasteiger partial charge is 0.465 e. The van der Waals surface area contributed by atoms with Crippen LogP contribution in [-0.2, 0) is 9.53 Å². The van der Waals surface area contributed by atoms with Gasteiger partial charge in [0.1, 0.15) is 0 Å². The molecule has 0 aliphatic carbocycles. The molecule has 0 heterocycles. The predicted molar refractivity (Wildman–Crippen MR) is 77.3 cm³/mol. The van der Waals surface area contributed by atoms with Gasteiger partial charge in [-0.1, -0.05) is 56.0 Å². The van der Waals surface area contributed by atoms with Crippen molar-refractivity contribution >= 4 is 5.97 Å². The van der Waals surface area contributed by atoms with Crippen molar-refractivity contribution in [2.24, 2.45) is 0 Å². The Morgan fingerprint density at radius 3 is 2.67 bits per heavy atom. The number of carbonyl (C=O) groups excluding carboxylic acids is 1. The van der Waals surface area contributed by atoms with Crippen LogP contribution in [-0.4, -0.2) is 12.6 Å². The summed E-state index contributed by atoms with van der Waals surface area (Å²) in [7, 11) is 0. The van der Waals surface area contributed by atoms with Crippen molar-refractivity contribution in [3.05, 3.63) is 49.1 Å². The van der Waals surface area contributed by atoms with Gasteiger partial charge >= 0.3 is 5.97 Å². The first-order valence-electron chi connectivity index (χ1n) is 6.54. The number of hydrogen-bond donors (Lipinski definition) is 0. The molecule has 0 aromatic carbocycles. The van der Waals surface area contributed by atoms with Gasteiger partial charge in [-0.2, -0.15) is 0 Å². The van der Waals surface area contributed by atoms with E-state index in [1.807, 2.05) is 24.3 Å². The third-order valence-electron chi connectivity index (χ3n) is 2.18. The van der Waals surface area contributed by atoms with Gasteiger partial charge in [-0.3, -0.25) is 4.79 Å².